The highest BCUT2D eigenvalue weighted by atomic mass is 32.1. The summed E-state index contributed by atoms with van der Waals surface area (Å²) in [5.74, 6) is -19.8. The second kappa shape index (κ2) is 59.1. The lowest BCUT2D eigenvalue weighted by atomic mass is 9.84. The van der Waals surface area contributed by atoms with Crippen molar-refractivity contribution < 1.29 is 127 Å². The van der Waals surface area contributed by atoms with Crippen LogP contribution in [0.25, 0.3) is 5.57 Å². The van der Waals surface area contributed by atoms with Gasteiger partial charge in [0, 0.05) is 54.0 Å². The Kier molecular flexibility index (Phi) is 49.8. The molecule has 2 aliphatic rings. The molecule has 0 saturated heterocycles. The number of unbranched alkanes of at least 4 members (excludes halogenated alkanes) is 3. The maximum Gasteiger partial charge on any atom is 0.336 e. The maximum absolute atomic E-state index is 14.5. The molecule has 0 bridgehead atoms. The topological polar surface area (TPSA) is 868 Å². The van der Waals surface area contributed by atoms with Crippen LogP contribution in [0.3, 0.4) is 0 Å². The number of carboxylic acid groups (broad SMARTS) is 2. The summed E-state index contributed by atoms with van der Waals surface area (Å²) >= 11 is 5.55. The number of carboxylic acids is 2. The number of nitrogens with two attached hydrogens (primary N) is 5. The van der Waals surface area contributed by atoms with E-state index in [1.807, 2.05) is 0 Å². The molecule has 0 aromatic heterocycles. The van der Waals surface area contributed by atoms with Crippen LogP contribution in [0, 0.1) is 10.8 Å². The van der Waals surface area contributed by atoms with Crippen LogP contribution in [0.2, 0.25) is 0 Å². The predicted molar refractivity (Wildman–Crippen MR) is 501 cm³/mol. The van der Waals surface area contributed by atoms with Crippen molar-refractivity contribution in [1.82, 2.24) is 95.7 Å². The normalized spacial score (nSPS) is 15.8. The number of anilines is 1. The van der Waals surface area contributed by atoms with Crippen molar-refractivity contribution in [3.63, 3.8) is 0 Å². The number of thiocarbonyl (C=S) groups is 1. The van der Waals surface area contributed by atoms with E-state index in [-0.39, 0.29) is 130 Å². The fourth-order valence-electron chi connectivity index (χ4n) is 13.7. The number of aliphatic hydroxyl groups is 5. The fraction of sp³-hybridized carbons (Fsp3) is 0.553. The Morgan fingerprint density at radius 3 is 1.34 bits per heavy atom. The van der Waals surface area contributed by atoms with Crippen LogP contribution in [0.15, 0.2) is 66.0 Å². The number of carbonyl (C=O) groups is 17. The van der Waals surface area contributed by atoms with E-state index >= 15 is 0 Å². The van der Waals surface area contributed by atoms with E-state index in [2.05, 4.69) is 101 Å². The number of hydrogen-bond donors (Lipinski definition) is 34. The van der Waals surface area contributed by atoms with Crippen molar-refractivity contribution in [1.29, 1.82) is 10.8 Å². The third kappa shape index (κ3) is 39.7. The molecule has 764 valence electrons. The molecule has 0 radical (unpaired) electrons. The molecule has 0 spiro atoms. The monoisotopic (exact) mass is 1960 g/mol. The quantitative estimate of drug-likeness (QED) is 0.0127. The summed E-state index contributed by atoms with van der Waals surface area (Å²) in [7, 11) is 1.64. The Balaban J connectivity index is 1.50. The number of benzene rings is 2. The number of guanidine groups is 2. The van der Waals surface area contributed by atoms with Gasteiger partial charge in [-0.3, -0.25) is 87.5 Å². The zero-order valence-corrected chi connectivity index (χ0v) is 78.3. The number of ether oxygens (including phenoxy) is 1. The van der Waals surface area contributed by atoms with Gasteiger partial charge in [0.1, 0.15) is 102 Å². The van der Waals surface area contributed by atoms with Gasteiger partial charge in [-0.1, -0.05) is 12.1 Å². The van der Waals surface area contributed by atoms with Crippen LogP contribution < -0.4 is 134 Å². The third-order valence-corrected chi connectivity index (χ3v) is 21.5. The number of nitrogens with one attached hydrogen (secondary N) is 21. The van der Waals surface area contributed by atoms with Crippen LogP contribution in [0.4, 0.5) is 5.69 Å². The van der Waals surface area contributed by atoms with Crippen molar-refractivity contribution in [3.05, 3.63) is 82.6 Å². The van der Waals surface area contributed by atoms with Crippen LogP contribution in [0.5, 0.6) is 11.5 Å². The first-order valence-electron chi connectivity index (χ1n) is 44.5. The van der Waals surface area contributed by atoms with Gasteiger partial charge in [0.05, 0.1) is 43.6 Å². The zero-order valence-electron chi connectivity index (χ0n) is 77.5. The minimum atomic E-state index is -2.00. The number of allylic oxidation sites excluding steroid dienone is 1. The molecule has 2 aromatic rings. The number of aromatic carboxylic acids is 1. The standard InChI is InChI=1S/C85H132N26O26S/c1-40(69(121)103-56(19-14-32-94-83(89)90)73(125)105-54(18-10-13-31-93-7)74(126)108-59(39-112)77(129)109-66(43(4)113)78(130)97-37-63(119)96-38-64(120)102-53(16-8-11-29-86)71(123)99-42(3)81(133)134)98-79(131)67(44(5)114)110-76(128)58(27-28-62(88)118)106-72(124)55(17-9-12-30-87)107-80(132)68(45(6)115)111-75(127)57(20-15-33-95-84(91)92)104-70(122)41(2)100-85(138)101-46-21-24-49(52(34-46)82(135)136)65-50-25-22-47(116)35-60(50)137-61-36-48(117)23-26-51(61)65/h21-26,34-36,40-45,53-60,66-68,93,112-117H,8-20,27-33,37-39,86-87H2,1-7H3,(H2,88,118)(H,96,119)(H,97,130)(H,98,131)(H,99,123)(H,102,120)(H,103,121)(H,104,122)(H,105,125)(H,106,124)(H,107,132)(H,108,126)(H,109,129)(H,110,128)(H,111,127)(H,133,134)(H,135,136)(H4,89,90,94)(H4,91,92,95)(H2,100,101,138)/t40-,41-,42-,43+,44+,45+,53-,54-,55-,56-,57-,58-,59-,60?,66-,67-,68-/m0/s1. The molecule has 39 N–H and O–H groups in total. The Morgan fingerprint density at radius 1 is 0.442 bits per heavy atom. The molecule has 53 heteroatoms. The molecule has 0 saturated carbocycles. The Labute approximate surface area is 799 Å². The molecule has 138 heavy (non-hydrogen) atoms. The second-order valence-electron chi connectivity index (χ2n) is 32.6. The summed E-state index contributed by atoms with van der Waals surface area (Å²) in [6.45, 7) is 4.87. The zero-order chi connectivity index (χ0) is 103. The molecule has 52 nitrogen and oxygen atoms in total. The molecule has 1 aliphatic heterocycles. The summed E-state index contributed by atoms with van der Waals surface area (Å²) in [4.78, 5) is 231. The van der Waals surface area contributed by atoms with Crippen molar-refractivity contribution in [2.75, 3.05) is 64.8 Å². The molecular weight excluding hydrogens is 1830 g/mol. The van der Waals surface area contributed by atoms with Gasteiger partial charge in [-0.2, -0.15) is 0 Å². The SMILES string of the molecule is CNCCCC[C@H](NC(=O)[C@H](CCCNC(=N)N)NC(=O)[C@H](C)NC(=O)[C@@H](NC(=O)[C@H](CCC(N)=O)NC(=O)[C@H](CCCCN)NC(=O)[C@@H](NC(=O)[C@H](CCCNC(=N)N)NC(=O)[C@H](C)NC(=S)Nc1ccc(C2=C3C=CC(O)=CC3Oc3cc(O)ccc32)c(C(=O)O)c1)[C@@H](C)O)[C@@H](C)O)C(=O)N[C@@H](CO)C(=O)N[C@H](C(=O)NCC(=O)NCC(=O)N[C@@H](CCCCN)C(=O)N[C@@H](C)C(=O)O)[C@@H](C)O. The maximum atomic E-state index is 14.5. The first kappa shape index (κ1) is 116. The third-order valence-electron chi connectivity index (χ3n) is 21.2. The molecule has 2 aromatic carbocycles. The number of phenols is 1. The number of rotatable bonds is 61. The van der Waals surface area contributed by atoms with Crippen LogP contribution >= 0.6 is 12.2 Å². The Bertz CT molecular complexity index is 4750. The lowest BCUT2D eigenvalue weighted by Crippen LogP contribution is -2.62. The van der Waals surface area contributed by atoms with Crippen LogP contribution in [0.1, 0.15) is 159 Å². The van der Waals surface area contributed by atoms with Gasteiger partial charge in [-0.25, -0.2) is 4.79 Å². The van der Waals surface area contributed by atoms with Crippen LogP contribution in [-0.4, -0.2) is 321 Å². The lowest BCUT2D eigenvalue weighted by Gasteiger charge is -2.31. The number of carbonyl (C=O) groups excluding carboxylic acids is 15. The minimum absolute atomic E-state index is 0.00644. The fourth-order valence-corrected chi connectivity index (χ4v) is 14.0. The number of fused-ring (bicyclic) bond motifs is 2. The number of amides is 15. The van der Waals surface area contributed by atoms with Gasteiger partial charge >= 0.3 is 11.9 Å². The van der Waals surface area contributed by atoms with E-state index < -0.39 is 248 Å². The first-order chi connectivity index (χ1) is 65.1. The highest BCUT2D eigenvalue weighted by molar-refractivity contribution is 7.80. The molecule has 0 fully saturated rings. The summed E-state index contributed by atoms with van der Waals surface area (Å²) in [6, 6.07) is -12.7. The number of phenolic OH excluding ortho intramolecular Hbond substituents is 1. The van der Waals surface area contributed by atoms with Gasteiger partial charge in [-0.15, -0.1) is 0 Å². The highest BCUT2D eigenvalue weighted by Gasteiger charge is 2.40. The van der Waals surface area contributed by atoms with Gasteiger partial charge < -0.3 is 175 Å². The summed E-state index contributed by atoms with van der Waals surface area (Å²) in [5, 5.41) is 145. The van der Waals surface area contributed by atoms with Gasteiger partial charge in [0.25, 0.3) is 0 Å². The lowest BCUT2D eigenvalue weighted by molar-refractivity contribution is -0.141. The van der Waals surface area contributed by atoms with Crippen LogP contribution in [-0.2, 0) is 76.7 Å². The molecule has 1 unspecified atom stereocenters. The molecule has 15 amide bonds. The van der Waals surface area contributed by atoms with Crippen molar-refractivity contribution in [2.24, 2.45) is 28.7 Å². The minimum Gasteiger partial charge on any atom is -0.508 e. The molecule has 17 atom stereocenters. The molecule has 1 heterocycles. The molecular formula is C85H132N26O26S. The van der Waals surface area contributed by atoms with Gasteiger partial charge in [0.15, 0.2) is 17.0 Å². The number of hydrogen-bond acceptors (Lipinski definition) is 30. The van der Waals surface area contributed by atoms with Gasteiger partial charge in [-0.05, 0) is 206 Å². The van der Waals surface area contributed by atoms with E-state index in [4.69, 9.17) is 56.4 Å². The van der Waals surface area contributed by atoms with Gasteiger partial charge in [0.2, 0.25) is 88.6 Å². The average molecular weight is 1970 g/mol. The van der Waals surface area contributed by atoms with E-state index in [1.54, 1.807) is 19.2 Å². The highest BCUT2D eigenvalue weighted by Crippen LogP contribution is 2.44. The molecule has 1 aliphatic carbocycles. The largest absolute Gasteiger partial charge is 0.508 e. The van der Waals surface area contributed by atoms with E-state index in [0.717, 1.165) is 27.7 Å². The number of aromatic hydroxyl groups is 1. The van der Waals surface area contributed by atoms with E-state index in [9.17, 15) is 122 Å². The smallest absolute Gasteiger partial charge is 0.336 e. The number of primary amides is 1. The summed E-state index contributed by atoms with van der Waals surface area (Å²) in [6.07, 6.45) is -1.97. The Hall–Kier alpha value is -14.0. The predicted octanol–water partition coefficient (Wildman–Crippen LogP) is -8.91. The summed E-state index contributed by atoms with van der Waals surface area (Å²) < 4.78 is 6.05. The molecule has 4 rings (SSSR count). The Morgan fingerprint density at radius 2 is 0.862 bits per heavy atom. The van der Waals surface area contributed by atoms with E-state index in [0.29, 0.717) is 42.5 Å². The average Bonchev–Trinajstić information content (AvgIpc) is 0.745. The van der Waals surface area contributed by atoms with Crippen molar-refractivity contribution in [2.45, 2.75) is 241 Å². The number of aliphatic hydroxyl groups excluding tert-OH is 5. The second-order valence-corrected chi connectivity index (χ2v) is 33.1. The van der Waals surface area contributed by atoms with Crippen molar-refractivity contribution in [3.8, 4) is 11.5 Å². The number of aliphatic carboxylic acids is 1. The summed E-state index contributed by atoms with van der Waals surface area (Å²) in [5.41, 5.74) is 29.3. The van der Waals surface area contributed by atoms with E-state index in [1.165, 1.54) is 56.3 Å². The first-order valence-corrected chi connectivity index (χ1v) is 44.9. The van der Waals surface area contributed by atoms with Crippen molar-refractivity contribution >= 4 is 141 Å².